The summed E-state index contributed by atoms with van der Waals surface area (Å²) >= 11 is 3.53. The van der Waals surface area contributed by atoms with Crippen molar-refractivity contribution in [3.63, 3.8) is 0 Å². The third-order valence-electron chi connectivity index (χ3n) is 2.60. The highest BCUT2D eigenvalue weighted by atomic mass is 79.9. The second-order valence-corrected chi connectivity index (χ2v) is 5.52. The van der Waals surface area contributed by atoms with Gasteiger partial charge in [0.05, 0.1) is 12.3 Å². The van der Waals surface area contributed by atoms with E-state index in [1.54, 1.807) is 7.11 Å². The molecule has 0 amide bonds. The third kappa shape index (κ3) is 4.42. The van der Waals surface area contributed by atoms with Crippen molar-refractivity contribution in [1.29, 1.82) is 0 Å². The molecule has 1 aromatic rings. The van der Waals surface area contributed by atoms with Gasteiger partial charge < -0.3 is 9.64 Å². The molecule has 0 radical (unpaired) electrons. The van der Waals surface area contributed by atoms with Gasteiger partial charge in [-0.25, -0.2) is 0 Å². The molecular weight excluding hydrogens is 294 g/mol. The Labute approximate surface area is 117 Å². The van der Waals surface area contributed by atoms with Crippen molar-refractivity contribution in [1.82, 2.24) is 0 Å². The molecule has 0 aliphatic rings. The largest absolute Gasteiger partial charge is 0.383 e. The fourth-order valence-corrected chi connectivity index (χ4v) is 2.45. The summed E-state index contributed by atoms with van der Waals surface area (Å²) in [4.78, 5) is 13.0. The predicted octanol–water partition coefficient (Wildman–Crippen LogP) is 3.37. The molecule has 100 valence electrons. The smallest absolute Gasteiger partial charge is 0.150 e. The van der Waals surface area contributed by atoms with Crippen molar-refractivity contribution >= 4 is 27.9 Å². The average molecular weight is 314 g/mol. The molecule has 0 bridgehead atoms. The zero-order valence-corrected chi connectivity index (χ0v) is 12.7. The summed E-state index contributed by atoms with van der Waals surface area (Å²) in [7, 11) is 1.71. The molecule has 0 aromatic heterocycles. The van der Waals surface area contributed by atoms with Crippen LogP contribution < -0.4 is 4.90 Å². The van der Waals surface area contributed by atoms with E-state index in [1.807, 2.05) is 18.2 Å². The van der Waals surface area contributed by atoms with E-state index in [1.165, 1.54) is 0 Å². The van der Waals surface area contributed by atoms with E-state index in [0.717, 1.165) is 29.5 Å². The van der Waals surface area contributed by atoms with Crippen LogP contribution in [0.4, 0.5) is 5.69 Å². The Hall–Kier alpha value is -0.870. The van der Waals surface area contributed by atoms with Crippen LogP contribution in [0, 0.1) is 5.92 Å². The van der Waals surface area contributed by atoms with Crippen molar-refractivity contribution in [3.05, 3.63) is 28.2 Å². The molecule has 0 spiro atoms. The molecule has 1 rings (SSSR count). The second kappa shape index (κ2) is 7.54. The lowest BCUT2D eigenvalue weighted by Gasteiger charge is -2.27. The normalized spacial score (nSPS) is 10.7. The van der Waals surface area contributed by atoms with E-state index in [0.29, 0.717) is 18.1 Å². The molecule has 3 nitrogen and oxygen atoms in total. The number of carbonyl (C=O) groups excluding carboxylic acids is 1. The summed E-state index contributed by atoms with van der Waals surface area (Å²) in [5.41, 5.74) is 1.79. The minimum absolute atomic E-state index is 0.569. The number of ether oxygens (including phenoxy) is 1. The Bertz CT molecular complexity index is 393. The maximum Gasteiger partial charge on any atom is 0.150 e. The second-order valence-electron chi connectivity index (χ2n) is 4.66. The number of nitrogens with zero attached hydrogens (tertiary/aromatic N) is 1. The summed E-state index contributed by atoms with van der Waals surface area (Å²) in [6, 6.07) is 5.67. The summed E-state index contributed by atoms with van der Waals surface area (Å²) in [5, 5.41) is 0. The molecule has 0 aliphatic carbocycles. The number of aldehydes is 1. The summed E-state index contributed by atoms with van der Waals surface area (Å²) in [6.45, 7) is 6.87. The van der Waals surface area contributed by atoms with E-state index in [2.05, 4.69) is 34.7 Å². The van der Waals surface area contributed by atoms with Crippen LogP contribution in [-0.2, 0) is 4.74 Å². The molecule has 0 fully saturated rings. The van der Waals surface area contributed by atoms with Gasteiger partial charge >= 0.3 is 0 Å². The molecule has 18 heavy (non-hydrogen) atoms. The molecule has 4 heteroatoms. The van der Waals surface area contributed by atoms with E-state index >= 15 is 0 Å². The van der Waals surface area contributed by atoms with Crippen LogP contribution in [0.2, 0.25) is 0 Å². The monoisotopic (exact) mass is 313 g/mol. The first-order valence-corrected chi connectivity index (χ1v) is 6.86. The van der Waals surface area contributed by atoms with Gasteiger partial charge in [0.15, 0.2) is 0 Å². The minimum atomic E-state index is 0.569. The Morgan fingerprint density at radius 1 is 1.44 bits per heavy atom. The van der Waals surface area contributed by atoms with Gasteiger partial charge in [-0.15, -0.1) is 0 Å². The molecule has 0 atom stereocenters. The number of benzene rings is 1. The number of hydrogen-bond acceptors (Lipinski definition) is 3. The molecule has 0 N–H and O–H groups in total. The Morgan fingerprint density at radius 3 is 2.67 bits per heavy atom. The molecule has 1 aromatic carbocycles. The highest BCUT2D eigenvalue weighted by Gasteiger charge is 2.12. The molecule has 0 unspecified atom stereocenters. The highest BCUT2D eigenvalue weighted by Crippen LogP contribution is 2.27. The van der Waals surface area contributed by atoms with E-state index in [-0.39, 0.29) is 0 Å². The van der Waals surface area contributed by atoms with Crippen LogP contribution in [0.25, 0.3) is 0 Å². The zero-order chi connectivity index (χ0) is 13.5. The van der Waals surface area contributed by atoms with Crippen LogP contribution in [0.15, 0.2) is 22.7 Å². The molecular formula is C14H20BrNO2. The lowest BCUT2D eigenvalue weighted by molar-refractivity contribution is 0.112. The summed E-state index contributed by atoms with van der Waals surface area (Å²) in [5.74, 6) is 0.569. The summed E-state index contributed by atoms with van der Waals surface area (Å²) < 4.78 is 6.10. The lowest BCUT2D eigenvalue weighted by atomic mass is 10.1. The standard InChI is InChI=1S/C14H20BrNO2/c1-11(2)9-16(6-7-18-3)14-5-4-12(10-17)8-13(14)15/h4-5,8,10-11H,6-7,9H2,1-3H3. The zero-order valence-electron chi connectivity index (χ0n) is 11.1. The number of rotatable bonds is 7. The van der Waals surface area contributed by atoms with Crippen molar-refractivity contribution in [2.75, 3.05) is 31.7 Å². The molecule has 0 saturated carbocycles. The van der Waals surface area contributed by atoms with Gasteiger partial charge in [0.1, 0.15) is 6.29 Å². The first-order chi connectivity index (χ1) is 8.58. The maximum absolute atomic E-state index is 10.7. The van der Waals surface area contributed by atoms with Crippen molar-refractivity contribution < 1.29 is 9.53 Å². The quantitative estimate of drug-likeness (QED) is 0.723. The number of anilines is 1. The highest BCUT2D eigenvalue weighted by molar-refractivity contribution is 9.10. The van der Waals surface area contributed by atoms with Crippen LogP contribution in [0.1, 0.15) is 24.2 Å². The van der Waals surface area contributed by atoms with Crippen molar-refractivity contribution in [2.24, 2.45) is 5.92 Å². The first-order valence-electron chi connectivity index (χ1n) is 6.07. The van der Waals surface area contributed by atoms with Crippen LogP contribution in [0.5, 0.6) is 0 Å². The molecule has 0 aliphatic heterocycles. The molecule has 0 heterocycles. The van der Waals surface area contributed by atoms with Crippen LogP contribution in [0.3, 0.4) is 0 Å². The van der Waals surface area contributed by atoms with Gasteiger partial charge in [0.2, 0.25) is 0 Å². The van der Waals surface area contributed by atoms with Gasteiger partial charge in [-0.1, -0.05) is 13.8 Å². The van der Waals surface area contributed by atoms with Gasteiger partial charge in [-0.2, -0.15) is 0 Å². The van der Waals surface area contributed by atoms with Crippen molar-refractivity contribution in [2.45, 2.75) is 13.8 Å². The Kier molecular flexibility index (Phi) is 6.36. The Morgan fingerprint density at radius 2 is 2.17 bits per heavy atom. The van der Waals surface area contributed by atoms with Gasteiger partial charge in [0, 0.05) is 30.2 Å². The van der Waals surface area contributed by atoms with Crippen LogP contribution in [-0.4, -0.2) is 33.1 Å². The van der Waals surface area contributed by atoms with Gasteiger partial charge in [0.25, 0.3) is 0 Å². The molecule has 0 saturated heterocycles. The van der Waals surface area contributed by atoms with Crippen molar-refractivity contribution in [3.8, 4) is 0 Å². The topological polar surface area (TPSA) is 29.5 Å². The average Bonchev–Trinajstić information content (AvgIpc) is 2.34. The SMILES string of the molecule is COCCN(CC(C)C)c1ccc(C=O)cc1Br. The van der Waals surface area contributed by atoms with Gasteiger partial charge in [-0.3, -0.25) is 4.79 Å². The number of hydrogen-bond donors (Lipinski definition) is 0. The predicted molar refractivity (Wildman–Crippen MR) is 78.5 cm³/mol. The first kappa shape index (κ1) is 15.2. The van der Waals surface area contributed by atoms with E-state index in [9.17, 15) is 4.79 Å². The van der Waals surface area contributed by atoms with Crippen LogP contribution >= 0.6 is 15.9 Å². The fourth-order valence-electron chi connectivity index (χ4n) is 1.81. The van der Waals surface area contributed by atoms with E-state index < -0.39 is 0 Å². The maximum atomic E-state index is 10.7. The fraction of sp³-hybridized carbons (Fsp3) is 0.500. The Balaban J connectivity index is 2.92. The third-order valence-corrected chi connectivity index (χ3v) is 3.23. The summed E-state index contributed by atoms with van der Waals surface area (Å²) in [6.07, 6.45) is 0.858. The number of halogens is 1. The lowest BCUT2D eigenvalue weighted by Crippen LogP contribution is -2.31. The number of carbonyl (C=O) groups is 1. The van der Waals surface area contributed by atoms with E-state index in [4.69, 9.17) is 4.74 Å². The van der Waals surface area contributed by atoms with Gasteiger partial charge in [-0.05, 0) is 40.0 Å². The number of methoxy groups -OCH3 is 1. The minimum Gasteiger partial charge on any atom is -0.383 e.